The number of hydrogen-bond acceptors (Lipinski definition) is 7. The summed E-state index contributed by atoms with van der Waals surface area (Å²) in [5.74, 6) is 3.41. The van der Waals surface area contributed by atoms with Crippen LogP contribution in [-0.4, -0.2) is 48.4 Å². The lowest BCUT2D eigenvalue weighted by atomic mass is 9.86. The van der Waals surface area contributed by atoms with Crippen LogP contribution in [0.5, 0.6) is 0 Å². The number of unbranched alkanes of at least 4 members (excludes halogenated alkanes) is 1. The zero-order valence-corrected chi connectivity index (χ0v) is 32.5. The molecule has 1 N–H and O–H groups in total. The van der Waals surface area contributed by atoms with E-state index in [0.29, 0.717) is 48.8 Å². The Balaban J connectivity index is 1.23. The predicted molar refractivity (Wildman–Crippen MR) is 222 cm³/mol. The molecule has 5 aromatic rings. The summed E-state index contributed by atoms with van der Waals surface area (Å²) in [6.45, 7) is 0. The zero-order valence-electron chi connectivity index (χ0n) is 32.5. The van der Waals surface area contributed by atoms with Gasteiger partial charge in [0, 0.05) is 30.2 Å². The maximum absolute atomic E-state index is 13.8. The van der Waals surface area contributed by atoms with Crippen molar-refractivity contribution < 1.29 is 38.1 Å². The van der Waals surface area contributed by atoms with E-state index in [4.69, 9.17) is 14.2 Å². The molecule has 1 saturated carbocycles. The molecule has 8 heteroatoms. The average molecular weight is 779 g/mol. The molecule has 0 radical (unpaired) electrons. The number of esters is 3. The number of carbonyl (C=O) groups is 3. The van der Waals surface area contributed by atoms with Crippen molar-refractivity contribution >= 4 is 17.9 Å². The highest BCUT2D eigenvalue weighted by atomic mass is 19.1. The van der Waals surface area contributed by atoms with Gasteiger partial charge in [0.15, 0.2) is 0 Å². The molecule has 1 unspecified atom stereocenters. The van der Waals surface area contributed by atoms with E-state index in [0.717, 1.165) is 22.3 Å². The maximum Gasteiger partial charge on any atom is 0.338 e. The van der Waals surface area contributed by atoms with Gasteiger partial charge in [0.1, 0.15) is 24.1 Å². The molecule has 1 aliphatic rings. The third-order valence-electron chi connectivity index (χ3n) is 10.5. The zero-order chi connectivity index (χ0) is 40.7. The Hall–Kier alpha value is -6.30. The number of carbonyl (C=O) groups excluding carboxylic acids is 3. The normalized spacial score (nSPS) is 17.8. The molecule has 296 valence electrons. The van der Waals surface area contributed by atoms with Crippen molar-refractivity contribution in [2.45, 2.75) is 63.3 Å². The quantitative estimate of drug-likeness (QED) is 0.0372. The molecule has 1 aliphatic carbocycles. The lowest BCUT2D eigenvalue weighted by molar-refractivity contribution is -0.140. The minimum atomic E-state index is -1.04. The summed E-state index contributed by atoms with van der Waals surface area (Å²) in [5, 5.41) is 11.0. The molecule has 0 heterocycles. The number of halogens is 1. The first kappa shape index (κ1) is 41.3. The summed E-state index contributed by atoms with van der Waals surface area (Å²) in [7, 11) is 1.37. The molecule has 6 rings (SSSR count). The lowest BCUT2D eigenvalue weighted by Crippen LogP contribution is -2.28. The molecule has 0 aliphatic heterocycles. The van der Waals surface area contributed by atoms with Gasteiger partial charge in [-0.15, -0.1) is 0 Å². The van der Waals surface area contributed by atoms with Gasteiger partial charge in [-0.2, -0.15) is 0 Å². The molecular weight excluding hydrogens is 732 g/mol. The number of methoxy groups -OCH3 is 1. The van der Waals surface area contributed by atoms with Gasteiger partial charge in [-0.25, -0.2) is 14.0 Å². The number of aliphatic hydroxyl groups excluding tert-OH is 1. The number of benzene rings is 5. The van der Waals surface area contributed by atoms with Crippen molar-refractivity contribution in [3.05, 3.63) is 168 Å². The van der Waals surface area contributed by atoms with Gasteiger partial charge in [-0.1, -0.05) is 115 Å². The fourth-order valence-corrected chi connectivity index (χ4v) is 7.39. The van der Waals surface area contributed by atoms with E-state index in [2.05, 4.69) is 11.8 Å². The first-order chi connectivity index (χ1) is 28.3. The SMILES string of the molecule is COC(=O)CCC/C=C\C[C@@H]1[C@@H](CCC(O)C#Cc2cccc(F)c2)[C@H](OC(=O)c2ccc(-c3ccccc3)cc2)C[C@@H]1OC(=O)c1ccc(-c2ccccc2)cc1. The molecule has 0 saturated heterocycles. The van der Waals surface area contributed by atoms with Crippen LogP contribution >= 0.6 is 0 Å². The van der Waals surface area contributed by atoms with Gasteiger partial charge in [0.2, 0.25) is 0 Å². The molecule has 0 spiro atoms. The molecule has 7 nitrogen and oxygen atoms in total. The molecule has 58 heavy (non-hydrogen) atoms. The second-order valence-electron chi connectivity index (χ2n) is 14.4. The Morgan fingerprint density at radius 2 is 1.28 bits per heavy atom. The largest absolute Gasteiger partial charge is 0.469 e. The summed E-state index contributed by atoms with van der Waals surface area (Å²) in [6, 6.07) is 40.1. The number of allylic oxidation sites excluding steroid dienone is 2. The minimum absolute atomic E-state index is 0.244. The Labute approximate surface area is 339 Å². The fourth-order valence-electron chi connectivity index (χ4n) is 7.39. The van der Waals surface area contributed by atoms with Crippen molar-refractivity contribution in [3.8, 4) is 34.1 Å². The van der Waals surface area contributed by atoms with Crippen molar-refractivity contribution in [1.29, 1.82) is 0 Å². The molecule has 0 amide bonds. The van der Waals surface area contributed by atoms with Crippen LogP contribution in [0.4, 0.5) is 4.39 Å². The number of rotatable bonds is 15. The Morgan fingerprint density at radius 1 is 0.724 bits per heavy atom. The predicted octanol–water partition coefficient (Wildman–Crippen LogP) is 10.0. The summed E-state index contributed by atoms with van der Waals surface area (Å²) in [5.41, 5.74) is 5.22. The second kappa shape index (κ2) is 20.7. The van der Waals surface area contributed by atoms with Crippen LogP contribution in [-0.2, 0) is 19.0 Å². The number of hydrogen-bond donors (Lipinski definition) is 1. The van der Waals surface area contributed by atoms with Crippen LogP contribution in [0, 0.1) is 29.5 Å². The van der Waals surface area contributed by atoms with Gasteiger partial charge >= 0.3 is 17.9 Å². The highest BCUT2D eigenvalue weighted by Crippen LogP contribution is 2.42. The second-order valence-corrected chi connectivity index (χ2v) is 14.4. The highest BCUT2D eigenvalue weighted by Gasteiger charge is 2.46. The molecular formula is C50H47FO7. The first-order valence-electron chi connectivity index (χ1n) is 19.7. The van der Waals surface area contributed by atoms with Crippen LogP contribution in [0.3, 0.4) is 0 Å². The average Bonchev–Trinajstić information content (AvgIpc) is 3.57. The van der Waals surface area contributed by atoms with E-state index in [9.17, 15) is 23.9 Å². The smallest absolute Gasteiger partial charge is 0.338 e. The van der Waals surface area contributed by atoms with Crippen LogP contribution in [0.15, 0.2) is 146 Å². The first-order valence-corrected chi connectivity index (χ1v) is 19.7. The summed E-state index contributed by atoms with van der Waals surface area (Å²) in [4.78, 5) is 39.1. The van der Waals surface area contributed by atoms with Crippen LogP contribution in [0.1, 0.15) is 71.2 Å². The van der Waals surface area contributed by atoms with Gasteiger partial charge in [0.05, 0.1) is 18.2 Å². The molecule has 5 aromatic carbocycles. The van der Waals surface area contributed by atoms with E-state index >= 15 is 0 Å². The lowest BCUT2D eigenvalue weighted by Gasteiger charge is -2.26. The third-order valence-corrected chi connectivity index (χ3v) is 10.5. The molecule has 5 atom stereocenters. The Morgan fingerprint density at radius 3 is 1.83 bits per heavy atom. The number of ether oxygens (including phenoxy) is 3. The Bertz CT molecular complexity index is 2210. The van der Waals surface area contributed by atoms with Crippen molar-refractivity contribution in [1.82, 2.24) is 0 Å². The van der Waals surface area contributed by atoms with Gasteiger partial charge in [-0.3, -0.25) is 4.79 Å². The molecule has 0 aromatic heterocycles. The molecule has 1 fully saturated rings. The highest BCUT2D eigenvalue weighted by molar-refractivity contribution is 5.91. The van der Waals surface area contributed by atoms with Crippen molar-refractivity contribution in [2.75, 3.05) is 7.11 Å². The minimum Gasteiger partial charge on any atom is -0.469 e. The third kappa shape index (κ3) is 11.6. The molecule has 0 bridgehead atoms. The van der Waals surface area contributed by atoms with Crippen LogP contribution < -0.4 is 0 Å². The topological polar surface area (TPSA) is 99.1 Å². The van der Waals surface area contributed by atoms with Crippen molar-refractivity contribution in [3.63, 3.8) is 0 Å². The van der Waals surface area contributed by atoms with Crippen molar-refractivity contribution in [2.24, 2.45) is 11.8 Å². The Kier molecular flexibility index (Phi) is 14.8. The van der Waals surface area contributed by atoms with E-state index in [1.165, 1.54) is 19.2 Å². The van der Waals surface area contributed by atoms with Gasteiger partial charge in [0.25, 0.3) is 0 Å². The summed E-state index contributed by atoms with van der Waals surface area (Å²) >= 11 is 0. The van der Waals surface area contributed by atoms with Gasteiger partial charge in [-0.05, 0) is 96.8 Å². The number of aliphatic hydroxyl groups is 1. The maximum atomic E-state index is 13.8. The van der Waals surface area contributed by atoms with Gasteiger partial charge < -0.3 is 19.3 Å². The van der Waals surface area contributed by atoms with E-state index < -0.39 is 36.1 Å². The fraction of sp³-hybridized carbons (Fsp3) is 0.260. The van der Waals surface area contributed by atoms with E-state index in [-0.39, 0.29) is 30.6 Å². The van der Waals surface area contributed by atoms with Crippen LogP contribution in [0.2, 0.25) is 0 Å². The monoisotopic (exact) mass is 778 g/mol. The van der Waals surface area contributed by atoms with E-state index in [1.807, 2.05) is 97.1 Å². The summed E-state index contributed by atoms with van der Waals surface area (Å²) in [6.07, 6.45) is 4.70. The van der Waals surface area contributed by atoms with E-state index in [1.54, 1.807) is 36.4 Å². The standard InChI is InChI=1S/C50H47FO7/c1-56-48(53)20-11-3-2-10-19-44-45(32-31-43(52)30-21-35-13-12-18-42(51)33-35)47(58-50(55)41-28-24-39(25-29-41)37-16-8-5-9-17-37)34-46(44)57-49(54)40-26-22-38(23-27-40)36-14-6-4-7-15-36/h2,4-10,12-18,22-29,33,43-47,52H,3,11,19-20,31-32,34H2,1H3/b10-2-/t43?,44-,45-,46+,47-/m1/s1. The summed E-state index contributed by atoms with van der Waals surface area (Å²) < 4.78 is 31.1. The van der Waals surface area contributed by atoms with Crippen LogP contribution in [0.25, 0.3) is 22.3 Å².